The zero-order chi connectivity index (χ0) is 42.1. The van der Waals surface area contributed by atoms with Crippen molar-refractivity contribution in [3.63, 3.8) is 0 Å². The number of anilines is 3. The number of hydrogen-bond acceptors (Lipinski definition) is 1. The molecule has 0 radical (unpaired) electrons. The van der Waals surface area contributed by atoms with E-state index in [9.17, 15) is 0 Å². The van der Waals surface area contributed by atoms with Crippen molar-refractivity contribution >= 4 is 49.6 Å². The topological polar surface area (TPSA) is 8.17 Å². The third kappa shape index (κ3) is 6.02. The monoisotopic (exact) mass is 804 g/mol. The van der Waals surface area contributed by atoms with Crippen molar-refractivity contribution in [3.05, 3.63) is 242 Å². The van der Waals surface area contributed by atoms with Crippen molar-refractivity contribution in [2.45, 2.75) is 19.3 Å². The maximum Gasteiger partial charge on any atom is 0.0619 e. The molecule has 0 saturated carbocycles. The van der Waals surface area contributed by atoms with E-state index in [4.69, 9.17) is 0 Å². The van der Waals surface area contributed by atoms with Gasteiger partial charge < -0.3 is 9.47 Å². The first-order valence-electron chi connectivity index (χ1n) is 21.9. The largest absolute Gasteiger partial charge is 0.310 e. The fourth-order valence-electron chi connectivity index (χ4n) is 10.3. The Morgan fingerprint density at radius 2 is 0.921 bits per heavy atom. The van der Waals surface area contributed by atoms with Crippen molar-refractivity contribution in [1.29, 1.82) is 0 Å². The lowest BCUT2D eigenvalue weighted by Gasteiger charge is -2.28. The minimum Gasteiger partial charge on any atom is -0.310 e. The molecule has 0 amide bonds. The van der Waals surface area contributed by atoms with Gasteiger partial charge in [-0.05, 0) is 110 Å². The summed E-state index contributed by atoms with van der Waals surface area (Å²) < 4.78 is 2.49. The van der Waals surface area contributed by atoms with Crippen molar-refractivity contribution in [2.24, 2.45) is 0 Å². The molecule has 63 heavy (non-hydrogen) atoms. The third-order valence-electron chi connectivity index (χ3n) is 13.4. The number of rotatable bonds is 7. The number of aromatic nitrogens is 1. The maximum absolute atomic E-state index is 2.49. The van der Waals surface area contributed by atoms with Gasteiger partial charge in [-0.1, -0.05) is 190 Å². The van der Waals surface area contributed by atoms with E-state index >= 15 is 0 Å². The van der Waals surface area contributed by atoms with Gasteiger partial charge in [0.2, 0.25) is 0 Å². The molecule has 1 aromatic heterocycles. The van der Waals surface area contributed by atoms with Crippen molar-refractivity contribution in [3.8, 4) is 50.2 Å². The van der Waals surface area contributed by atoms with Crippen molar-refractivity contribution < 1.29 is 0 Å². The molecule has 2 nitrogen and oxygen atoms in total. The average molecular weight is 805 g/mol. The highest BCUT2D eigenvalue weighted by Crippen LogP contribution is 2.51. The summed E-state index contributed by atoms with van der Waals surface area (Å²) in [6, 6.07) is 84.6. The van der Waals surface area contributed by atoms with Gasteiger partial charge in [-0.2, -0.15) is 0 Å². The van der Waals surface area contributed by atoms with Crippen molar-refractivity contribution in [2.75, 3.05) is 4.90 Å². The summed E-state index contributed by atoms with van der Waals surface area (Å²) in [7, 11) is 0. The first kappa shape index (κ1) is 36.9. The molecule has 0 bridgehead atoms. The fourth-order valence-corrected chi connectivity index (χ4v) is 10.3. The molecular weight excluding hydrogens is 761 g/mol. The molecule has 0 spiro atoms. The van der Waals surface area contributed by atoms with Gasteiger partial charge in [-0.15, -0.1) is 0 Å². The smallest absolute Gasteiger partial charge is 0.0619 e. The standard InChI is InChI=1S/C61H44N2/c1-61(2)56-24-11-8-20-52(56)53-38-37-49(40-57(53)61)62(47-33-29-43(30-34-47)41-15-4-3-5-16-41)48-35-31-44(32-36-48)50-19-9-12-25-58(50)63-59-26-13-10-21-54(59)55-23-14-22-51(60(55)63)46-28-27-42-17-6-7-18-45(42)39-46/h3-40H,1-2H3. The predicted octanol–water partition coefficient (Wildman–Crippen LogP) is 16.7. The molecule has 11 aromatic rings. The number of fused-ring (bicyclic) bond motifs is 7. The van der Waals surface area contributed by atoms with E-state index in [0.29, 0.717) is 0 Å². The van der Waals surface area contributed by atoms with Crippen LogP contribution < -0.4 is 4.90 Å². The zero-order valence-corrected chi connectivity index (χ0v) is 35.3. The first-order valence-corrected chi connectivity index (χ1v) is 21.9. The molecule has 0 atom stereocenters. The minimum absolute atomic E-state index is 0.112. The third-order valence-corrected chi connectivity index (χ3v) is 13.4. The Balaban J connectivity index is 0.995. The Hall–Kier alpha value is -7.94. The summed E-state index contributed by atoms with van der Waals surface area (Å²) in [5, 5.41) is 4.98. The van der Waals surface area contributed by atoms with Crippen LogP contribution in [-0.2, 0) is 5.41 Å². The van der Waals surface area contributed by atoms with Crippen LogP contribution in [0.15, 0.2) is 231 Å². The van der Waals surface area contributed by atoms with E-state index in [1.807, 2.05) is 0 Å². The Bertz CT molecular complexity index is 3520. The highest BCUT2D eigenvalue weighted by molar-refractivity contribution is 6.14. The Kier molecular flexibility index (Phi) is 8.55. The van der Waals surface area contributed by atoms with Gasteiger partial charge in [-0.3, -0.25) is 0 Å². The normalized spacial score (nSPS) is 12.7. The van der Waals surface area contributed by atoms with Crippen LogP contribution in [0.5, 0.6) is 0 Å². The van der Waals surface area contributed by atoms with E-state index in [0.717, 1.165) is 28.3 Å². The average Bonchev–Trinajstić information content (AvgIpc) is 3.80. The molecule has 1 heterocycles. The minimum atomic E-state index is -0.112. The SMILES string of the molecule is CC1(C)c2ccccc2-c2ccc(N(c3ccc(-c4ccccc4)cc3)c3ccc(-c4ccccc4-n4c5ccccc5c5cccc(-c6ccc7ccccc7c6)c54)cc3)cc21. The maximum atomic E-state index is 2.49. The van der Waals surface area contributed by atoms with Crippen LogP contribution in [0.25, 0.3) is 82.8 Å². The molecule has 0 saturated heterocycles. The van der Waals surface area contributed by atoms with Crippen LogP contribution in [0.3, 0.4) is 0 Å². The van der Waals surface area contributed by atoms with Gasteiger partial charge in [0.15, 0.2) is 0 Å². The quantitative estimate of drug-likeness (QED) is 0.156. The lowest BCUT2D eigenvalue weighted by atomic mass is 9.82. The van der Waals surface area contributed by atoms with Gasteiger partial charge in [0.25, 0.3) is 0 Å². The van der Waals surface area contributed by atoms with Crippen molar-refractivity contribution in [1.82, 2.24) is 4.57 Å². The molecule has 0 unspecified atom stereocenters. The molecule has 0 aliphatic heterocycles. The van der Waals surface area contributed by atoms with E-state index in [-0.39, 0.29) is 5.41 Å². The van der Waals surface area contributed by atoms with E-state index in [1.165, 1.54) is 82.6 Å². The fraction of sp³-hybridized carbons (Fsp3) is 0.0492. The van der Waals surface area contributed by atoms with Gasteiger partial charge in [0.05, 0.1) is 16.7 Å². The van der Waals surface area contributed by atoms with E-state index < -0.39 is 0 Å². The van der Waals surface area contributed by atoms with Crippen LogP contribution in [-0.4, -0.2) is 4.57 Å². The van der Waals surface area contributed by atoms with Gasteiger partial charge in [-0.25, -0.2) is 0 Å². The molecule has 1 aliphatic carbocycles. The van der Waals surface area contributed by atoms with Gasteiger partial charge in [0.1, 0.15) is 0 Å². The highest BCUT2D eigenvalue weighted by Gasteiger charge is 2.35. The Morgan fingerprint density at radius 3 is 1.73 bits per heavy atom. The lowest BCUT2D eigenvalue weighted by molar-refractivity contribution is 0.660. The Labute approximate surface area is 368 Å². The van der Waals surface area contributed by atoms with Crippen LogP contribution in [0.2, 0.25) is 0 Å². The summed E-state index contributed by atoms with van der Waals surface area (Å²) in [5.74, 6) is 0. The summed E-state index contributed by atoms with van der Waals surface area (Å²) in [5.41, 5.74) is 19.4. The zero-order valence-electron chi connectivity index (χ0n) is 35.3. The number of para-hydroxylation sites is 3. The first-order chi connectivity index (χ1) is 31.0. The summed E-state index contributed by atoms with van der Waals surface area (Å²) in [6.07, 6.45) is 0. The summed E-state index contributed by atoms with van der Waals surface area (Å²) in [4.78, 5) is 2.41. The van der Waals surface area contributed by atoms with Gasteiger partial charge in [0, 0.05) is 44.4 Å². The number of benzene rings is 10. The molecule has 10 aromatic carbocycles. The second-order valence-electron chi connectivity index (χ2n) is 17.3. The predicted molar refractivity (Wildman–Crippen MR) is 267 cm³/mol. The molecule has 2 heteroatoms. The molecule has 0 N–H and O–H groups in total. The summed E-state index contributed by atoms with van der Waals surface area (Å²) >= 11 is 0. The molecular formula is C61H44N2. The van der Waals surface area contributed by atoms with Crippen LogP contribution in [0, 0.1) is 0 Å². The lowest BCUT2D eigenvalue weighted by Crippen LogP contribution is -2.16. The second kappa shape index (κ2) is 14.6. The molecule has 12 rings (SSSR count). The van der Waals surface area contributed by atoms with Crippen LogP contribution in [0.4, 0.5) is 17.1 Å². The molecule has 0 fully saturated rings. The van der Waals surface area contributed by atoms with E-state index in [2.05, 4.69) is 254 Å². The second-order valence-corrected chi connectivity index (χ2v) is 17.3. The van der Waals surface area contributed by atoms with Crippen LogP contribution in [0.1, 0.15) is 25.0 Å². The highest BCUT2D eigenvalue weighted by atomic mass is 15.1. The number of nitrogens with zero attached hydrogens (tertiary/aromatic N) is 2. The Morgan fingerprint density at radius 1 is 0.349 bits per heavy atom. The van der Waals surface area contributed by atoms with Crippen LogP contribution >= 0.6 is 0 Å². The number of hydrogen-bond donors (Lipinski definition) is 0. The molecule has 298 valence electrons. The van der Waals surface area contributed by atoms with E-state index in [1.54, 1.807) is 0 Å². The summed E-state index contributed by atoms with van der Waals surface area (Å²) in [6.45, 7) is 4.71. The molecule has 1 aliphatic rings. The van der Waals surface area contributed by atoms with Gasteiger partial charge >= 0.3 is 0 Å².